The number of amides is 1. The summed E-state index contributed by atoms with van der Waals surface area (Å²) < 4.78 is 1.25. The topological polar surface area (TPSA) is 29.1 Å². The van der Waals surface area contributed by atoms with Gasteiger partial charge >= 0.3 is 0 Å². The average Bonchev–Trinajstić information content (AvgIpc) is 2.31. The molecule has 1 aromatic rings. The lowest BCUT2D eigenvalue weighted by Crippen LogP contribution is -2.25. The third-order valence-corrected chi connectivity index (χ3v) is 3.55. The van der Waals surface area contributed by atoms with E-state index in [-0.39, 0.29) is 5.91 Å². The zero-order valence-corrected chi connectivity index (χ0v) is 13.4. The molecule has 1 rings (SSSR count). The number of nitrogens with one attached hydrogen (secondary N) is 1. The second-order valence-electron chi connectivity index (χ2n) is 5.01. The average molecular weight is 359 g/mol. The van der Waals surface area contributed by atoms with Crippen molar-refractivity contribution in [1.29, 1.82) is 0 Å². The third kappa shape index (κ3) is 6.99. The molecule has 0 heterocycles. The van der Waals surface area contributed by atoms with Gasteiger partial charge in [-0.15, -0.1) is 0 Å². The van der Waals surface area contributed by atoms with Gasteiger partial charge in [-0.2, -0.15) is 0 Å². The number of carbonyl (C=O) groups excluding carboxylic acids is 1. The van der Waals surface area contributed by atoms with Crippen LogP contribution in [0.4, 0.5) is 0 Å². The van der Waals surface area contributed by atoms with E-state index in [1.54, 1.807) is 0 Å². The van der Waals surface area contributed by atoms with Crippen molar-refractivity contribution < 1.29 is 4.79 Å². The van der Waals surface area contributed by atoms with E-state index >= 15 is 0 Å². The molecular formula is C15H22INO. The number of rotatable bonds is 7. The highest BCUT2D eigenvalue weighted by molar-refractivity contribution is 14.1. The van der Waals surface area contributed by atoms with Gasteiger partial charge in [0, 0.05) is 16.5 Å². The van der Waals surface area contributed by atoms with Crippen molar-refractivity contribution in [3.05, 3.63) is 33.4 Å². The Morgan fingerprint density at radius 3 is 2.56 bits per heavy atom. The van der Waals surface area contributed by atoms with Gasteiger partial charge in [0.05, 0.1) is 0 Å². The standard InChI is InChI=1S/C15H22INO/c1-12(2)10-11-17-15(18)5-3-4-13-6-8-14(16)9-7-13/h6-9,12H,3-5,10-11H2,1-2H3,(H,17,18). The maximum Gasteiger partial charge on any atom is 0.220 e. The zero-order chi connectivity index (χ0) is 13.4. The highest BCUT2D eigenvalue weighted by atomic mass is 127. The van der Waals surface area contributed by atoms with Gasteiger partial charge in [0.25, 0.3) is 0 Å². The molecule has 0 aliphatic rings. The van der Waals surface area contributed by atoms with E-state index in [1.807, 2.05) is 0 Å². The summed E-state index contributed by atoms with van der Waals surface area (Å²) >= 11 is 2.30. The molecular weight excluding hydrogens is 337 g/mol. The van der Waals surface area contributed by atoms with E-state index in [4.69, 9.17) is 0 Å². The first-order valence-corrected chi connectivity index (χ1v) is 7.67. The molecule has 1 N–H and O–H groups in total. The van der Waals surface area contributed by atoms with Gasteiger partial charge in [-0.1, -0.05) is 26.0 Å². The summed E-state index contributed by atoms with van der Waals surface area (Å²) in [6.07, 6.45) is 3.59. The molecule has 3 heteroatoms. The summed E-state index contributed by atoms with van der Waals surface area (Å²) in [4.78, 5) is 11.6. The number of hydrogen-bond acceptors (Lipinski definition) is 1. The smallest absolute Gasteiger partial charge is 0.220 e. The van der Waals surface area contributed by atoms with Crippen molar-refractivity contribution in [2.45, 2.75) is 39.5 Å². The molecule has 0 unspecified atom stereocenters. The Kier molecular flexibility index (Phi) is 7.32. The molecule has 0 saturated heterocycles. The predicted molar refractivity (Wildman–Crippen MR) is 84.6 cm³/mol. The van der Waals surface area contributed by atoms with Gasteiger partial charge < -0.3 is 5.32 Å². The lowest BCUT2D eigenvalue weighted by molar-refractivity contribution is -0.121. The SMILES string of the molecule is CC(C)CCNC(=O)CCCc1ccc(I)cc1. The molecule has 0 bridgehead atoms. The zero-order valence-electron chi connectivity index (χ0n) is 11.2. The van der Waals surface area contributed by atoms with Crippen molar-refractivity contribution in [3.63, 3.8) is 0 Å². The molecule has 1 aromatic carbocycles. The fraction of sp³-hybridized carbons (Fsp3) is 0.533. The van der Waals surface area contributed by atoms with E-state index in [2.05, 4.69) is 66.0 Å². The molecule has 0 saturated carbocycles. The van der Waals surface area contributed by atoms with E-state index in [9.17, 15) is 4.79 Å². The van der Waals surface area contributed by atoms with Crippen LogP contribution in [0, 0.1) is 9.49 Å². The number of benzene rings is 1. The van der Waals surface area contributed by atoms with Crippen LogP contribution in [0.3, 0.4) is 0 Å². The summed E-state index contributed by atoms with van der Waals surface area (Å²) in [5.41, 5.74) is 1.31. The Morgan fingerprint density at radius 2 is 1.94 bits per heavy atom. The number of carbonyl (C=O) groups is 1. The minimum Gasteiger partial charge on any atom is -0.356 e. The maximum atomic E-state index is 11.6. The lowest BCUT2D eigenvalue weighted by atomic mass is 10.1. The molecule has 0 spiro atoms. The highest BCUT2D eigenvalue weighted by Gasteiger charge is 2.02. The number of aryl methyl sites for hydroxylation is 1. The molecule has 2 nitrogen and oxygen atoms in total. The van der Waals surface area contributed by atoms with Crippen LogP contribution in [0.5, 0.6) is 0 Å². The molecule has 0 aliphatic carbocycles. The van der Waals surface area contributed by atoms with Crippen LogP contribution in [0.2, 0.25) is 0 Å². The van der Waals surface area contributed by atoms with E-state index in [0.29, 0.717) is 12.3 Å². The summed E-state index contributed by atoms with van der Waals surface area (Å²) in [5.74, 6) is 0.832. The molecule has 0 aliphatic heterocycles. The van der Waals surface area contributed by atoms with Crippen molar-refractivity contribution in [1.82, 2.24) is 5.32 Å². The molecule has 0 atom stereocenters. The highest BCUT2D eigenvalue weighted by Crippen LogP contribution is 2.09. The van der Waals surface area contributed by atoms with E-state index < -0.39 is 0 Å². The lowest BCUT2D eigenvalue weighted by Gasteiger charge is -2.07. The summed E-state index contributed by atoms with van der Waals surface area (Å²) in [7, 11) is 0. The van der Waals surface area contributed by atoms with Gasteiger partial charge in [0.15, 0.2) is 0 Å². The monoisotopic (exact) mass is 359 g/mol. The van der Waals surface area contributed by atoms with Crippen LogP contribution >= 0.6 is 22.6 Å². The summed E-state index contributed by atoms with van der Waals surface area (Å²) in [6, 6.07) is 8.49. The Bertz CT molecular complexity index is 359. The molecule has 100 valence electrons. The predicted octanol–water partition coefficient (Wildman–Crippen LogP) is 3.78. The quantitative estimate of drug-likeness (QED) is 0.738. The Labute approximate surface area is 124 Å². The van der Waals surface area contributed by atoms with Crippen molar-refractivity contribution in [2.75, 3.05) is 6.54 Å². The van der Waals surface area contributed by atoms with Gasteiger partial charge in [-0.25, -0.2) is 0 Å². The first-order chi connectivity index (χ1) is 8.58. The molecule has 0 aromatic heterocycles. The number of halogens is 1. The Hall–Kier alpha value is -0.580. The van der Waals surface area contributed by atoms with E-state index in [0.717, 1.165) is 25.8 Å². The Balaban J connectivity index is 2.13. The van der Waals surface area contributed by atoms with E-state index in [1.165, 1.54) is 9.13 Å². The van der Waals surface area contributed by atoms with Crippen LogP contribution in [-0.2, 0) is 11.2 Å². The van der Waals surface area contributed by atoms with Crippen LogP contribution in [0.1, 0.15) is 38.7 Å². The fourth-order valence-electron chi connectivity index (χ4n) is 1.69. The van der Waals surface area contributed by atoms with Gasteiger partial charge in [0.2, 0.25) is 5.91 Å². The van der Waals surface area contributed by atoms with Crippen LogP contribution in [-0.4, -0.2) is 12.5 Å². The van der Waals surface area contributed by atoms with Gasteiger partial charge in [0.1, 0.15) is 0 Å². The van der Waals surface area contributed by atoms with Crippen molar-refractivity contribution >= 4 is 28.5 Å². The molecule has 0 fully saturated rings. The normalized spacial score (nSPS) is 10.7. The van der Waals surface area contributed by atoms with Crippen LogP contribution in [0.15, 0.2) is 24.3 Å². The van der Waals surface area contributed by atoms with Crippen molar-refractivity contribution in [3.8, 4) is 0 Å². The third-order valence-electron chi connectivity index (χ3n) is 2.83. The minimum atomic E-state index is 0.182. The first kappa shape index (κ1) is 15.5. The summed E-state index contributed by atoms with van der Waals surface area (Å²) in [5, 5.41) is 2.97. The van der Waals surface area contributed by atoms with Crippen LogP contribution in [0.25, 0.3) is 0 Å². The number of hydrogen-bond donors (Lipinski definition) is 1. The maximum absolute atomic E-state index is 11.6. The minimum absolute atomic E-state index is 0.182. The molecule has 1 amide bonds. The second kappa shape index (κ2) is 8.51. The molecule has 0 radical (unpaired) electrons. The second-order valence-corrected chi connectivity index (χ2v) is 6.26. The van der Waals surface area contributed by atoms with Crippen molar-refractivity contribution in [2.24, 2.45) is 5.92 Å². The summed E-state index contributed by atoms with van der Waals surface area (Å²) in [6.45, 7) is 5.14. The Morgan fingerprint density at radius 1 is 1.28 bits per heavy atom. The first-order valence-electron chi connectivity index (χ1n) is 6.59. The fourth-order valence-corrected chi connectivity index (χ4v) is 2.05. The largest absolute Gasteiger partial charge is 0.356 e. The van der Waals surface area contributed by atoms with Gasteiger partial charge in [-0.3, -0.25) is 4.79 Å². The van der Waals surface area contributed by atoms with Gasteiger partial charge in [-0.05, 0) is 65.5 Å². The molecule has 18 heavy (non-hydrogen) atoms. The van der Waals surface area contributed by atoms with Crippen LogP contribution < -0.4 is 5.32 Å².